The average Bonchev–Trinajstić information content (AvgIpc) is 2.34. The van der Waals surface area contributed by atoms with E-state index >= 15 is 0 Å². The van der Waals surface area contributed by atoms with E-state index in [-0.39, 0.29) is 12.1 Å². The fourth-order valence-corrected chi connectivity index (χ4v) is 1.58. The summed E-state index contributed by atoms with van der Waals surface area (Å²) in [4.78, 5) is 11.4. The van der Waals surface area contributed by atoms with Crippen molar-refractivity contribution in [3.05, 3.63) is 29.3 Å². The minimum Gasteiger partial charge on any atom is -0.496 e. The Balaban J connectivity index is 2.93. The van der Waals surface area contributed by atoms with E-state index in [1.165, 1.54) is 7.11 Å². The average molecular weight is 238 g/mol. The van der Waals surface area contributed by atoms with E-state index in [4.69, 9.17) is 4.74 Å². The quantitative estimate of drug-likeness (QED) is 0.795. The number of rotatable bonds is 5. The molecule has 0 aliphatic rings. The smallest absolute Gasteiger partial charge is 0.337 e. The van der Waals surface area contributed by atoms with Gasteiger partial charge in [-0.1, -0.05) is 0 Å². The molecular weight excluding hydrogens is 220 g/mol. The predicted molar refractivity (Wildman–Crippen MR) is 64.3 cm³/mol. The van der Waals surface area contributed by atoms with Gasteiger partial charge in [0.05, 0.1) is 25.9 Å². The molecule has 1 unspecified atom stereocenters. The summed E-state index contributed by atoms with van der Waals surface area (Å²) in [6, 6.07) is 5.15. The van der Waals surface area contributed by atoms with Crippen LogP contribution in [0.3, 0.4) is 0 Å². The number of methoxy groups -OCH3 is 2. The molecule has 1 N–H and O–H groups in total. The van der Waals surface area contributed by atoms with Crippen LogP contribution in [-0.2, 0) is 11.2 Å². The Hall–Kier alpha value is -1.55. The highest BCUT2D eigenvalue weighted by molar-refractivity contribution is 5.89. The largest absolute Gasteiger partial charge is 0.496 e. The van der Waals surface area contributed by atoms with Crippen molar-refractivity contribution in [3.8, 4) is 5.75 Å². The maximum Gasteiger partial charge on any atom is 0.337 e. The molecule has 1 atom stereocenters. The van der Waals surface area contributed by atoms with Gasteiger partial charge in [-0.2, -0.15) is 0 Å². The first-order valence-corrected chi connectivity index (χ1v) is 5.51. The van der Waals surface area contributed by atoms with Crippen LogP contribution in [0, 0.1) is 0 Å². The molecule has 0 bridgehead atoms. The molecule has 4 nitrogen and oxygen atoms in total. The lowest BCUT2D eigenvalue weighted by atomic mass is 10.0. The molecule has 0 aromatic heterocycles. The van der Waals surface area contributed by atoms with E-state index in [2.05, 4.69) is 4.74 Å². The number of ether oxygens (including phenoxy) is 2. The summed E-state index contributed by atoms with van der Waals surface area (Å²) in [6.45, 7) is 1.73. The van der Waals surface area contributed by atoms with Gasteiger partial charge in [-0.25, -0.2) is 4.79 Å². The Kier molecular flexibility index (Phi) is 4.97. The molecular formula is C13H18O4. The van der Waals surface area contributed by atoms with Crippen LogP contribution in [0.1, 0.15) is 29.3 Å². The number of esters is 1. The number of aliphatic hydroxyl groups is 1. The van der Waals surface area contributed by atoms with E-state index in [9.17, 15) is 9.90 Å². The van der Waals surface area contributed by atoms with E-state index < -0.39 is 0 Å². The van der Waals surface area contributed by atoms with Crippen molar-refractivity contribution >= 4 is 5.97 Å². The molecule has 1 aromatic rings. The second-order valence-electron chi connectivity index (χ2n) is 3.91. The van der Waals surface area contributed by atoms with Crippen molar-refractivity contribution in [1.29, 1.82) is 0 Å². The molecule has 0 spiro atoms. The van der Waals surface area contributed by atoms with Gasteiger partial charge in [0.2, 0.25) is 0 Å². The number of benzene rings is 1. The Morgan fingerprint density at radius 2 is 2.12 bits per heavy atom. The van der Waals surface area contributed by atoms with Crippen LogP contribution in [-0.4, -0.2) is 31.4 Å². The number of hydrogen-bond acceptors (Lipinski definition) is 4. The van der Waals surface area contributed by atoms with Gasteiger partial charge < -0.3 is 14.6 Å². The van der Waals surface area contributed by atoms with Gasteiger partial charge in [0.15, 0.2) is 0 Å². The monoisotopic (exact) mass is 238 g/mol. The van der Waals surface area contributed by atoms with Gasteiger partial charge in [0, 0.05) is 0 Å². The fourth-order valence-electron chi connectivity index (χ4n) is 1.58. The Labute approximate surface area is 101 Å². The van der Waals surface area contributed by atoms with E-state index in [1.807, 2.05) is 0 Å². The number of hydrogen-bond donors (Lipinski definition) is 1. The van der Waals surface area contributed by atoms with Crippen molar-refractivity contribution in [1.82, 2.24) is 0 Å². The molecule has 1 rings (SSSR count). The third-order valence-corrected chi connectivity index (χ3v) is 2.53. The summed E-state index contributed by atoms with van der Waals surface area (Å²) in [6.07, 6.45) is 0.911. The summed E-state index contributed by atoms with van der Waals surface area (Å²) >= 11 is 0. The first kappa shape index (κ1) is 13.5. The molecule has 0 heterocycles. The van der Waals surface area contributed by atoms with Gasteiger partial charge in [0.25, 0.3) is 0 Å². The molecule has 0 aliphatic carbocycles. The summed E-state index contributed by atoms with van der Waals surface area (Å²) in [7, 11) is 2.93. The fraction of sp³-hybridized carbons (Fsp3) is 0.462. The Morgan fingerprint density at radius 3 is 2.65 bits per heavy atom. The second kappa shape index (κ2) is 6.25. The van der Waals surface area contributed by atoms with E-state index in [0.29, 0.717) is 18.4 Å². The highest BCUT2D eigenvalue weighted by atomic mass is 16.5. The van der Waals surface area contributed by atoms with Gasteiger partial charge in [0.1, 0.15) is 5.75 Å². The highest BCUT2D eigenvalue weighted by Crippen LogP contribution is 2.22. The van der Waals surface area contributed by atoms with Gasteiger partial charge in [-0.3, -0.25) is 0 Å². The molecule has 17 heavy (non-hydrogen) atoms. The Morgan fingerprint density at radius 1 is 1.41 bits per heavy atom. The summed E-state index contributed by atoms with van der Waals surface area (Å²) < 4.78 is 9.87. The molecule has 4 heteroatoms. The zero-order chi connectivity index (χ0) is 12.8. The zero-order valence-electron chi connectivity index (χ0n) is 10.4. The molecule has 0 fully saturated rings. The summed E-state index contributed by atoms with van der Waals surface area (Å²) in [5, 5.41) is 9.27. The molecule has 0 amide bonds. The SMILES string of the molecule is COC(=O)c1ccc(OC)c(CCC(C)O)c1. The molecule has 0 saturated carbocycles. The maximum absolute atomic E-state index is 11.4. The van der Waals surface area contributed by atoms with Crippen molar-refractivity contribution in [3.63, 3.8) is 0 Å². The van der Waals surface area contributed by atoms with Crippen molar-refractivity contribution in [2.24, 2.45) is 0 Å². The number of carbonyl (C=O) groups excluding carboxylic acids is 1. The normalized spacial score (nSPS) is 12.0. The highest BCUT2D eigenvalue weighted by Gasteiger charge is 2.10. The van der Waals surface area contributed by atoms with Gasteiger partial charge in [-0.15, -0.1) is 0 Å². The second-order valence-corrected chi connectivity index (χ2v) is 3.91. The summed E-state index contributed by atoms with van der Waals surface area (Å²) in [5.41, 5.74) is 1.39. The van der Waals surface area contributed by atoms with Crippen LogP contribution in [0.25, 0.3) is 0 Å². The van der Waals surface area contributed by atoms with Crippen LogP contribution < -0.4 is 4.74 Å². The number of aliphatic hydroxyl groups excluding tert-OH is 1. The molecule has 0 aliphatic heterocycles. The van der Waals surface area contributed by atoms with Crippen LogP contribution >= 0.6 is 0 Å². The minimum atomic E-state index is -0.374. The van der Waals surface area contributed by atoms with Crippen LogP contribution in [0.15, 0.2) is 18.2 Å². The zero-order valence-corrected chi connectivity index (χ0v) is 10.4. The van der Waals surface area contributed by atoms with Gasteiger partial charge >= 0.3 is 5.97 Å². The number of aryl methyl sites for hydroxylation is 1. The van der Waals surface area contributed by atoms with Crippen LogP contribution in [0.5, 0.6) is 5.75 Å². The van der Waals surface area contributed by atoms with E-state index in [1.54, 1.807) is 32.2 Å². The lowest BCUT2D eigenvalue weighted by Gasteiger charge is -2.11. The van der Waals surface area contributed by atoms with Crippen LogP contribution in [0.2, 0.25) is 0 Å². The standard InChI is InChI=1S/C13H18O4/c1-9(14)4-5-10-8-11(13(15)17-3)6-7-12(10)16-2/h6-9,14H,4-5H2,1-3H3. The van der Waals surface area contributed by atoms with Crippen molar-refractivity contribution in [2.75, 3.05) is 14.2 Å². The Bertz CT molecular complexity index is 385. The number of carbonyl (C=O) groups is 1. The van der Waals surface area contributed by atoms with E-state index in [0.717, 1.165) is 11.3 Å². The van der Waals surface area contributed by atoms with Gasteiger partial charge in [-0.05, 0) is 43.5 Å². The third kappa shape index (κ3) is 3.75. The maximum atomic E-state index is 11.4. The first-order valence-electron chi connectivity index (χ1n) is 5.51. The molecule has 0 radical (unpaired) electrons. The lowest BCUT2D eigenvalue weighted by molar-refractivity contribution is 0.0600. The topological polar surface area (TPSA) is 55.8 Å². The lowest BCUT2D eigenvalue weighted by Crippen LogP contribution is -2.06. The van der Waals surface area contributed by atoms with Crippen LogP contribution in [0.4, 0.5) is 0 Å². The summed E-state index contributed by atoms with van der Waals surface area (Å²) in [5.74, 6) is 0.351. The third-order valence-electron chi connectivity index (χ3n) is 2.53. The minimum absolute atomic E-state index is 0.369. The predicted octanol–water partition coefficient (Wildman–Crippen LogP) is 1.80. The molecule has 0 saturated heterocycles. The first-order chi connectivity index (χ1) is 8.08. The molecule has 94 valence electrons. The van der Waals surface area contributed by atoms with Crippen molar-refractivity contribution < 1.29 is 19.4 Å². The van der Waals surface area contributed by atoms with Crippen molar-refractivity contribution in [2.45, 2.75) is 25.9 Å². The molecule has 1 aromatic carbocycles.